The third-order valence-electron chi connectivity index (χ3n) is 4.78. The molecular weight excluding hydrogens is 344 g/mol. The Kier molecular flexibility index (Phi) is 4.32. The van der Waals surface area contributed by atoms with Crippen LogP contribution in [0, 0.1) is 0 Å². The summed E-state index contributed by atoms with van der Waals surface area (Å²) in [5, 5.41) is 2.93. The molecule has 2 aromatic rings. The molecule has 138 valence electrons. The molecule has 2 aromatic carbocycles. The molecule has 0 aromatic heterocycles. The predicted octanol–water partition coefficient (Wildman–Crippen LogP) is 2.76. The van der Waals surface area contributed by atoms with Crippen molar-refractivity contribution >= 4 is 17.5 Å². The predicted molar refractivity (Wildman–Crippen MR) is 101 cm³/mol. The van der Waals surface area contributed by atoms with Crippen molar-refractivity contribution in [1.29, 1.82) is 0 Å². The zero-order valence-corrected chi connectivity index (χ0v) is 15.0. The van der Waals surface area contributed by atoms with Gasteiger partial charge in [0, 0.05) is 16.8 Å². The molecule has 1 N–H and O–H groups in total. The number of benzene rings is 2. The third-order valence-corrected chi connectivity index (χ3v) is 4.78. The molecule has 2 heterocycles. The molecular formula is C21H20N2O4. The van der Waals surface area contributed by atoms with E-state index in [1.807, 2.05) is 37.3 Å². The molecule has 27 heavy (non-hydrogen) atoms. The summed E-state index contributed by atoms with van der Waals surface area (Å²) in [4.78, 5) is 26.4. The average molecular weight is 364 g/mol. The van der Waals surface area contributed by atoms with Gasteiger partial charge in [0.15, 0.2) is 11.5 Å². The Hall–Kier alpha value is -3.28. The molecule has 0 fully saturated rings. The van der Waals surface area contributed by atoms with Crippen LogP contribution < -0.4 is 14.8 Å². The van der Waals surface area contributed by atoms with E-state index in [-0.39, 0.29) is 24.4 Å². The van der Waals surface area contributed by atoms with Gasteiger partial charge in [0.05, 0.1) is 6.04 Å². The lowest BCUT2D eigenvalue weighted by atomic mass is 10.1. The van der Waals surface area contributed by atoms with Crippen molar-refractivity contribution in [2.24, 2.45) is 0 Å². The normalized spacial score (nSPS) is 16.1. The van der Waals surface area contributed by atoms with E-state index >= 15 is 0 Å². The maximum absolute atomic E-state index is 12.5. The van der Waals surface area contributed by atoms with Gasteiger partial charge in [0.1, 0.15) is 19.8 Å². The van der Waals surface area contributed by atoms with Gasteiger partial charge in [-0.15, -0.1) is 0 Å². The Morgan fingerprint density at radius 1 is 1.15 bits per heavy atom. The van der Waals surface area contributed by atoms with Crippen molar-refractivity contribution in [3.05, 3.63) is 65.7 Å². The number of fused-ring (bicyclic) bond motifs is 2. The Bertz CT molecular complexity index is 903. The Labute approximate surface area is 157 Å². The third kappa shape index (κ3) is 3.14. The van der Waals surface area contributed by atoms with Gasteiger partial charge in [0.2, 0.25) is 5.91 Å². The average Bonchev–Trinajstić information content (AvgIpc) is 2.92. The van der Waals surface area contributed by atoms with Crippen LogP contribution in [0.2, 0.25) is 0 Å². The lowest BCUT2D eigenvalue weighted by Gasteiger charge is -2.22. The molecule has 0 aliphatic carbocycles. The minimum atomic E-state index is -0.250. The lowest BCUT2D eigenvalue weighted by molar-refractivity contribution is -0.121. The minimum absolute atomic E-state index is 0.0682. The van der Waals surface area contributed by atoms with Gasteiger partial charge >= 0.3 is 0 Å². The molecule has 0 radical (unpaired) electrons. The van der Waals surface area contributed by atoms with Crippen LogP contribution in [0.1, 0.15) is 34.5 Å². The quantitative estimate of drug-likeness (QED) is 0.906. The summed E-state index contributed by atoms with van der Waals surface area (Å²) in [7, 11) is 0. The molecule has 0 bridgehead atoms. The SMILES string of the molecule is C=C1c2ccccc2C(=O)N1CC(=O)NC(C)c1ccc2c(c1)OCCO2. The zero-order chi connectivity index (χ0) is 19.0. The van der Waals surface area contributed by atoms with E-state index in [2.05, 4.69) is 11.9 Å². The van der Waals surface area contributed by atoms with E-state index in [1.165, 1.54) is 4.90 Å². The van der Waals surface area contributed by atoms with Crippen LogP contribution >= 0.6 is 0 Å². The number of nitrogens with zero attached hydrogens (tertiary/aromatic N) is 1. The topological polar surface area (TPSA) is 67.9 Å². The summed E-state index contributed by atoms with van der Waals surface area (Å²) in [5.74, 6) is 0.941. The van der Waals surface area contributed by atoms with Crippen molar-refractivity contribution < 1.29 is 19.1 Å². The number of carbonyl (C=O) groups excluding carboxylic acids is 2. The van der Waals surface area contributed by atoms with Crippen LogP contribution in [-0.2, 0) is 4.79 Å². The first-order valence-corrected chi connectivity index (χ1v) is 8.83. The highest BCUT2D eigenvalue weighted by Crippen LogP contribution is 2.33. The summed E-state index contributed by atoms with van der Waals surface area (Å²) >= 11 is 0. The molecule has 4 rings (SSSR count). The Morgan fingerprint density at radius 3 is 2.59 bits per heavy atom. The van der Waals surface area contributed by atoms with E-state index < -0.39 is 0 Å². The molecule has 6 nitrogen and oxygen atoms in total. The summed E-state index contributed by atoms with van der Waals surface area (Å²) in [6.45, 7) is 6.83. The number of hydrogen-bond donors (Lipinski definition) is 1. The second kappa shape index (κ2) is 6.79. The minimum Gasteiger partial charge on any atom is -0.486 e. The summed E-state index contributed by atoms with van der Waals surface area (Å²) in [6, 6.07) is 12.6. The molecule has 6 heteroatoms. The van der Waals surface area contributed by atoms with Gasteiger partial charge in [-0.05, 0) is 30.7 Å². The Balaban J connectivity index is 1.43. The number of carbonyl (C=O) groups is 2. The standard InChI is InChI=1S/C21H20N2O4/c1-13(15-7-8-18-19(11-15)27-10-9-26-18)22-20(24)12-23-14(2)16-5-3-4-6-17(16)21(23)25/h3-8,11,13H,2,9-10,12H2,1H3,(H,22,24). The fourth-order valence-corrected chi connectivity index (χ4v) is 3.35. The van der Waals surface area contributed by atoms with Crippen LogP contribution in [-0.4, -0.2) is 36.5 Å². The van der Waals surface area contributed by atoms with E-state index in [0.717, 1.165) is 11.1 Å². The number of ether oxygens (including phenoxy) is 2. The molecule has 0 saturated carbocycles. The zero-order valence-electron chi connectivity index (χ0n) is 15.0. The number of hydrogen-bond acceptors (Lipinski definition) is 4. The van der Waals surface area contributed by atoms with Gasteiger partial charge in [-0.1, -0.05) is 30.8 Å². The van der Waals surface area contributed by atoms with Gasteiger partial charge in [-0.2, -0.15) is 0 Å². The highest BCUT2D eigenvalue weighted by Gasteiger charge is 2.32. The van der Waals surface area contributed by atoms with Crippen LogP contribution in [0.15, 0.2) is 49.0 Å². The van der Waals surface area contributed by atoms with E-state index in [4.69, 9.17) is 9.47 Å². The maximum atomic E-state index is 12.5. The molecule has 2 aliphatic rings. The van der Waals surface area contributed by atoms with Gasteiger partial charge < -0.3 is 14.8 Å². The maximum Gasteiger partial charge on any atom is 0.259 e. The largest absolute Gasteiger partial charge is 0.486 e. The van der Waals surface area contributed by atoms with E-state index in [0.29, 0.717) is 36.0 Å². The molecule has 2 amide bonds. The second-order valence-electron chi connectivity index (χ2n) is 6.58. The summed E-state index contributed by atoms with van der Waals surface area (Å²) in [5.41, 5.74) is 2.81. The second-order valence-corrected chi connectivity index (χ2v) is 6.58. The smallest absolute Gasteiger partial charge is 0.259 e. The van der Waals surface area contributed by atoms with Crippen molar-refractivity contribution in [2.45, 2.75) is 13.0 Å². The Morgan fingerprint density at radius 2 is 1.85 bits per heavy atom. The molecule has 1 atom stereocenters. The van der Waals surface area contributed by atoms with Gasteiger partial charge in [-0.25, -0.2) is 0 Å². The van der Waals surface area contributed by atoms with Crippen LogP contribution in [0.25, 0.3) is 5.70 Å². The fourth-order valence-electron chi connectivity index (χ4n) is 3.35. The van der Waals surface area contributed by atoms with Crippen molar-refractivity contribution in [3.63, 3.8) is 0 Å². The van der Waals surface area contributed by atoms with E-state index in [9.17, 15) is 9.59 Å². The molecule has 1 unspecified atom stereocenters. The first-order chi connectivity index (χ1) is 13.0. The van der Waals surface area contributed by atoms with E-state index in [1.54, 1.807) is 12.1 Å². The lowest BCUT2D eigenvalue weighted by Crippen LogP contribution is -2.38. The highest BCUT2D eigenvalue weighted by atomic mass is 16.6. The molecule has 2 aliphatic heterocycles. The van der Waals surface area contributed by atoms with Gasteiger partial charge in [-0.3, -0.25) is 14.5 Å². The van der Waals surface area contributed by atoms with Crippen LogP contribution in [0.3, 0.4) is 0 Å². The monoisotopic (exact) mass is 364 g/mol. The fraction of sp³-hybridized carbons (Fsp3) is 0.238. The van der Waals surface area contributed by atoms with Crippen LogP contribution in [0.4, 0.5) is 0 Å². The molecule has 0 saturated heterocycles. The van der Waals surface area contributed by atoms with Crippen molar-refractivity contribution in [1.82, 2.24) is 10.2 Å². The molecule has 0 spiro atoms. The first kappa shape index (κ1) is 17.1. The first-order valence-electron chi connectivity index (χ1n) is 8.83. The van der Waals surface area contributed by atoms with Crippen molar-refractivity contribution in [2.75, 3.05) is 19.8 Å². The number of rotatable bonds is 4. The van der Waals surface area contributed by atoms with Crippen molar-refractivity contribution in [3.8, 4) is 11.5 Å². The van der Waals surface area contributed by atoms with Gasteiger partial charge in [0.25, 0.3) is 5.91 Å². The highest BCUT2D eigenvalue weighted by molar-refractivity contribution is 6.10. The van der Waals surface area contributed by atoms with Crippen LogP contribution in [0.5, 0.6) is 11.5 Å². The number of amides is 2. The summed E-state index contributed by atoms with van der Waals surface area (Å²) < 4.78 is 11.1. The summed E-state index contributed by atoms with van der Waals surface area (Å²) in [6.07, 6.45) is 0. The number of nitrogens with one attached hydrogen (secondary N) is 1.